The van der Waals surface area contributed by atoms with Gasteiger partial charge in [0.25, 0.3) is 5.95 Å². The number of ether oxygens (including phenoxy) is 2. The molecule has 4 aliphatic carbocycles. The highest BCUT2D eigenvalue weighted by Gasteiger charge is 2.72. The summed E-state index contributed by atoms with van der Waals surface area (Å²) in [6.45, 7) is 20.3. The average Bonchev–Trinajstić information content (AvgIpc) is 3.45. The third-order valence-corrected chi connectivity index (χ3v) is 15.3. The van der Waals surface area contributed by atoms with Crippen LogP contribution in [0.3, 0.4) is 0 Å². The number of rotatable bonds is 10. The first-order valence-corrected chi connectivity index (χ1v) is 18.5. The topological polar surface area (TPSA) is 137 Å². The van der Waals surface area contributed by atoms with Crippen LogP contribution >= 0.6 is 0 Å². The van der Waals surface area contributed by atoms with Gasteiger partial charge in [0, 0.05) is 11.5 Å². The minimum absolute atomic E-state index is 0.0914. The Balaban J connectivity index is 1.50. The van der Waals surface area contributed by atoms with Crippen molar-refractivity contribution in [2.24, 2.45) is 56.7 Å². The maximum Gasteiger partial charge on any atom is 0.307 e. The molecule has 10 heteroatoms. The summed E-state index contributed by atoms with van der Waals surface area (Å²) in [5.74, 6) is 0.473. The largest absolute Gasteiger partial charge is 0.481 e. The Labute approximate surface area is 282 Å². The predicted molar refractivity (Wildman–Crippen MR) is 182 cm³/mol. The number of tetrazole rings is 1. The molecule has 4 N–H and O–H groups in total. The number of likely N-dealkylation sites (N-methyl/N-ethyl adjacent to an activating group) is 1. The third-order valence-electron chi connectivity index (χ3n) is 15.3. The molecule has 12 atom stereocenters. The van der Waals surface area contributed by atoms with E-state index in [-0.39, 0.29) is 57.1 Å². The lowest BCUT2D eigenvalue weighted by Gasteiger charge is -2.71. The van der Waals surface area contributed by atoms with Gasteiger partial charge in [0.2, 0.25) is 0 Å². The van der Waals surface area contributed by atoms with Gasteiger partial charge in [-0.25, -0.2) is 0 Å². The zero-order chi connectivity index (χ0) is 34.2. The van der Waals surface area contributed by atoms with Crippen LogP contribution in [0.25, 0.3) is 0 Å². The Morgan fingerprint density at radius 1 is 1.17 bits per heavy atom. The zero-order valence-electron chi connectivity index (χ0n) is 30.5. The Hall–Kier alpha value is -2.04. The summed E-state index contributed by atoms with van der Waals surface area (Å²) in [6, 6.07) is 0.0936. The number of hydrogen-bond donors (Lipinski definition) is 3. The zero-order valence-corrected chi connectivity index (χ0v) is 30.5. The number of aromatic nitrogens is 4. The quantitative estimate of drug-likeness (QED) is 0.253. The minimum atomic E-state index is -0.631. The fourth-order valence-corrected chi connectivity index (χ4v) is 12.3. The molecule has 0 unspecified atom stereocenters. The second kappa shape index (κ2) is 12.1. The Kier molecular flexibility index (Phi) is 8.95. The van der Waals surface area contributed by atoms with Gasteiger partial charge >= 0.3 is 5.97 Å². The standard InChI is InChI=1S/C37H62N6O4/c1-10-11-24(39-9)19-47-30-27(43-41-32(38)40-42-43)18-33(5)20-46-21-37(30)26-14-15-36(8)29(31(44)45)34(6,23(4)22(2)3)16-17-35(36,7)25(26)12-13-28(33)37/h14,22-25,27-30,39H,10-13,15-21H2,1-9H3,(H2,38,41)(H,44,45)/t23-,24-,25+,27-,28-,29-,30+,33-,34-,35-,36+,37+/m1/s1. The van der Waals surface area contributed by atoms with Crippen LogP contribution in [-0.4, -0.2) is 70.3 Å². The number of carboxylic acids is 1. The summed E-state index contributed by atoms with van der Waals surface area (Å²) in [4.78, 5) is 15.2. The molecule has 264 valence electrons. The van der Waals surface area contributed by atoms with Crippen molar-refractivity contribution in [3.8, 4) is 0 Å². The van der Waals surface area contributed by atoms with Gasteiger partial charge in [-0.2, -0.15) is 4.80 Å². The Morgan fingerprint density at radius 2 is 1.91 bits per heavy atom. The van der Waals surface area contributed by atoms with Crippen LogP contribution in [0.4, 0.5) is 5.95 Å². The van der Waals surface area contributed by atoms with Gasteiger partial charge in [-0.05, 0) is 103 Å². The van der Waals surface area contributed by atoms with E-state index in [0.29, 0.717) is 37.6 Å². The highest BCUT2D eigenvalue weighted by Crippen LogP contribution is 2.75. The number of allylic oxidation sites excluding steroid dienone is 1. The van der Waals surface area contributed by atoms with Crippen molar-refractivity contribution in [1.82, 2.24) is 25.5 Å². The number of nitrogen functional groups attached to an aromatic ring is 1. The van der Waals surface area contributed by atoms with Crippen LogP contribution in [0.5, 0.6) is 0 Å². The maximum atomic E-state index is 13.5. The number of carboxylic acid groups (broad SMARTS) is 1. The minimum Gasteiger partial charge on any atom is -0.481 e. The van der Waals surface area contributed by atoms with Crippen LogP contribution in [0.15, 0.2) is 11.6 Å². The molecule has 47 heavy (non-hydrogen) atoms. The number of nitrogens with two attached hydrogens (primary N) is 1. The van der Waals surface area contributed by atoms with E-state index in [9.17, 15) is 9.90 Å². The Bertz CT molecular complexity index is 1370. The third kappa shape index (κ3) is 4.96. The van der Waals surface area contributed by atoms with Crippen molar-refractivity contribution >= 4 is 11.9 Å². The van der Waals surface area contributed by atoms with Crippen LogP contribution in [0, 0.1) is 56.7 Å². The molecule has 1 aliphatic heterocycles. The van der Waals surface area contributed by atoms with Crippen LogP contribution in [0.1, 0.15) is 113 Å². The fourth-order valence-electron chi connectivity index (χ4n) is 12.3. The van der Waals surface area contributed by atoms with Gasteiger partial charge in [-0.15, -0.1) is 5.10 Å². The van der Waals surface area contributed by atoms with E-state index < -0.39 is 11.9 Å². The van der Waals surface area contributed by atoms with Gasteiger partial charge in [0.05, 0.1) is 31.8 Å². The van der Waals surface area contributed by atoms with E-state index in [1.54, 1.807) is 4.80 Å². The molecule has 0 radical (unpaired) electrons. The highest BCUT2D eigenvalue weighted by molar-refractivity contribution is 5.73. The summed E-state index contributed by atoms with van der Waals surface area (Å²) in [5.41, 5.74) is 6.22. The number of fused-ring (bicyclic) bond motifs is 3. The molecule has 5 aliphatic rings. The molecular formula is C37H62N6O4. The SMILES string of the molecule is CCC[C@H](CO[C@H]1[C@H](n2nnc(N)n2)C[C@]2(C)COC[C@@]13C1=CC[C@@]4(C)[C@H](C(=O)O)[C@@](C)([C@H](C)C(C)C)CC[C@]4(C)[C@H]1CC[C@H]23)NC. The fraction of sp³-hybridized carbons (Fsp3) is 0.892. The number of aliphatic carboxylic acids is 1. The summed E-state index contributed by atoms with van der Waals surface area (Å²) in [5, 5.41) is 27.7. The van der Waals surface area contributed by atoms with Crippen molar-refractivity contribution < 1.29 is 19.4 Å². The summed E-state index contributed by atoms with van der Waals surface area (Å²) < 4.78 is 13.9. The van der Waals surface area contributed by atoms with E-state index in [4.69, 9.17) is 15.2 Å². The summed E-state index contributed by atoms with van der Waals surface area (Å²) >= 11 is 0. The van der Waals surface area contributed by atoms with Crippen molar-refractivity contribution in [2.45, 2.75) is 125 Å². The predicted octanol–water partition coefficient (Wildman–Crippen LogP) is 6.16. The van der Waals surface area contributed by atoms with Crippen LogP contribution < -0.4 is 11.1 Å². The highest BCUT2D eigenvalue weighted by atomic mass is 16.5. The van der Waals surface area contributed by atoms with Crippen molar-refractivity contribution in [1.29, 1.82) is 0 Å². The molecule has 1 saturated heterocycles. The van der Waals surface area contributed by atoms with Crippen molar-refractivity contribution in [2.75, 3.05) is 32.6 Å². The molecule has 0 spiro atoms. The van der Waals surface area contributed by atoms with E-state index in [2.05, 4.69) is 82.2 Å². The van der Waals surface area contributed by atoms with E-state index in [0.717, 1.165) is 51.4 Å². The molecule has 2 bridgehead atoms. The van der Waals surface area contributed by atoms with E-state index in [1.807, 2.05) is 7.05 Å². The number of carbonyl (C=O) groups is 1. The first kappa shape index (κ1) is 34.8. The van der Waals surface area contributed by atoms with Gasteiger partial charge in [-0.1, -0.05) is 78.6 Å². The second-order valence-corrected chi connectivity index (χ2v) is 17.6. The van der Waals surface area contributed by atoms with E-state index in [1.165, 1.54) is 5.57 Å². The first-order chi connectivity index (χ1) is 22.1. The molecule has 4 fully saturated rings. The molecule has 1 aromatic heterocycles. The lowest BCUT2D eigenvalue weighted by molar-refractivity contribution is -0.254. The second-order valence-electron chi connectivity index (χ2n) is 17.6. The van der Waals surface area contributed by atoms with Gasteiger partial charge in [0.1, 0.15) is 6.04 Å². The van der Waals surface area contributed by atoms with Crippen molar-refractivity contribution in [3.05, 3.63) is 11.6 Å². The smallest absolute Gasteiger partial charge is 0.307 e. The van der Waals surface area contributed by atoms with E-state index >= 15 is 0 Å². The molecule has 3 saturated carbocycles. The molecule has 0 aromatic carbocycles. The Morgan fingerprint density at radius 3 is 2.53 bits per heavy atom. The lowest BCUT2D eigenvalue weighted by atomic mass is 9.34. The average molecular weight is 655 g/mol. The molecule has 1 aromatic rings. The van der Waals surface area contributed by atoms with Crippen LogP contribution in [-0.2, 0) is 14.3 Å². The molecule has 2 heterocycles. The normalized spacial score (nSPS) is 44.1. The monoisotopic (exact) mass is 654 g/mol. The first-order valence-electron chi connectivity index (χ1n) is 18.5. The molecule has 6 rings (SSSR count). The number of anilines is 1. The van der Waals surface area contributed by atoms with Gasteiger partial charge in [-0.3, -0.25) is 4.79 Å². The summed E-state index contributed by atoms with van der Waals surface area (Å²) in [6.07, 6.45) is 10.0. The number of hydrogen-bond acceptors (Lipinski definition) is 8. The lowest BCUT2D eigenvalue weighted by Crippen LogP contribution is -2.70. The number of nitrogens with zero attached hydrogens (tertiary/aromatic N) is 4. The molecule has 0 amide bonds. The van der Waals surface area contributed by atoms with Crippen molar-refractivity contribution in [3.63, 3.8) is 0 Å². The molecular weight excluding hydrogens is 592 g/mol. The summed E-state index contributed by atoms with van der Waals surface area (Å²) in [7, 11) is 2.02. The number of nitrogens with one attached hydrogen (secondary N) is 1. The van der Waals surface area contributed by atoms with Gasteiger partial charge in [0.15, 0.2) is 0 Å². The van der Waals surface area contributed by atoms with Crippen LogP contribution in [0.2, 0.25) is 0 Å². The van der Waals surface area contributed by atoms with Gasteiger partial charge < -0.3 is 25.6 Å². The molecule has 10 nitrogen and oxygen atoms in total. The maximum absolute atomic E-state index is 13.5.